The van der Waals surface area contributed by atoms with Crippen molar-refractivity contribution in [3.63, 3.8) is 0 Å². The van der Waals surface area contributed by atoms with Gasteiger partial charge in [-0.25, -0.2) is 0 Å². The first-order chi connectivity index (χ1) is 9.15. The molecule has 19 heavy (non-hydrogen) atoms. The van der Waals surface area contributed by atoms with Crippen LogP contribution in [-0.4, -0.2) is 23.7 Å². The van der Waals surface area contributed by atoms with Crippen LogP contribution in [0.4, 0.5) is 0 Å². The van der Waals surface area contributed by atoms with Gasteiger partial charge in [0, 0.05) is 17.1 Å². The zero-order valence-electron chi connectivity index (χ0n) is 11.2. The summed E-state index contributed by atoms with van der Waals surface area (Å²) in [6.07, 6.45) is 7.13. The molecule has 0 spiro atoms. The highest BCUT2D eigenvalue weighted by Crippen LogP contribution is 2.30. The van der Waals surface area contributed by atoms with Crippen LogP contribution in [0.25, 0.3) is 0 Å². The van der Waals surface area contributed by atoms with E-state index < -0.39 is 0 Å². The molecule has 108 valence electrons. The molecule has 0 fully saturated rings. The molecule has 0 atom stereocenters. The van der Waals surface area contributed by atoms with Gasteiger partial charge in [0.2, 0.25) is 0 Å². The van der Waals surface area contributed by atoms with Crippen molar-refractivity contribution in [1.82, 2.24) is 5.32 Å². The van der Waals surface area contributed by atoms with E-state index in [2.05, 4.69) is 11.6 Å². The van der Waals surface area contributed by atoms with Crippen LogP contribution in [0.2, 0.25) is 10.0 Å². The minimum Gasteiger partial charge on any atom is -0.506 e. The fourth-order valence-electron chi connectivity index (χ4n) is 1.83. The van der Waals surface area contributed by atoms with Gasteiger partial charge < -0.3 is 10.4 Å². The second-order valence-corrected chi connectivity index (χ2v) is 6.31. The summed E-state index contributed by atoms with van der Waals surface area (Å²) in [6.45, 7) is 1.54. The Morgan fingerprint density at radius 2 is 1.89 bits per heavy atom. The van der Waals surface area contributed by atoms with Gasteiger partial charge in [-0.2, -0.15) is 11.8 Å². The summed E-state index contributed by atoms with van der Waals surface area (Å²) in [4.78, 5) is 0. The standard InChI is InChI=1S/C14H21Cl2NOS/c1-19-7-5-3-2-4-6-17-10-11-8-12(15)9-13(16)14(11)18/h8-9,17-18H,2-7,10H2,1H3. The molecule has 0 saturated carbocycles. The van der Waals surface area contributed by atoms with Crippen molar-refractivity contribution < 1.29 is 5.11 Å². The van der Waals surface area contributed by atoms with Gasteiger partial charge in [-0.3, -0.25) is 0 Å². The average Bonchev–Trinajstić information content (AvgIpc) is 2.38. The van der Waals surface area contributed by atoms with Crippen molar-refractivity contribution in [3.8, 4) is 5.75 Å². The van der Waals surface area contributed by atoms with Gasteiger partial charge in [-0.05, 0) is 43.5 Å². The molecule has 5 heteroatoms. The zero-order valence-corrected chi connectivity index (χ0v) is 13.5. The molecule has 1 rings (SSSR count). The molecule has 0 saturated heterocycles. The first kappa shape index (κ1) is 17.0. The highest BCUT2D eigenvalue weighted by atomic mass is 35.5. The minimum atomic E-state index is 0.124. The first-order valence-electron chi connectivity index (χ1n) is 6.51. The van der Waals surface area contributed by atoms with Crippen LogP contribution < -0.4 is 5.32 Å². The Labute approximate surface area is 129 Å². The zero-order chi connectivity index (χ0) is 14.1. The summed E-state index contributed by atoms with van der Waals surface area (Å²) in [6, 6.07) is 3.29. The predicted molar refractivity (Wildman–Crippen MR) is 86.7 cm³/mol. The maximum absolute atomic E-state index is 9.79. The van der Waals surface area contributed by atoms with Crippen LogP contribution >= 0.6 is 35.0 Å². The number of aromatic hydroxyl groups is 1. The Kier molecular flexibility index (Phi) is 8.71. The van der Waals surface area contributed by atoms with Crippen molar-refractivity contribution in [2.45, 2.75) is 32.2 Å². The number of hydrogen-bond acceptors (Lipinski definition) is 3. The number of benzene rings is 1. The van der Waals surface area contributed by atoms with Gasteiger partial charge in [0.05, 0.1) is 5.02 Å². The van der Waals surface area contributed by atoms with Crippen molar-refractivity contribution in [2.75, 3.05) is 18.6 Å². The third kappa shape index (κ3) is 6.75. The molecule has 0 heterocycles. The van der Waals surface area contributed by atoms with E-state index >= 15 is 0 Å². The second kappa shape index (κ2) is 9.76. The monoisotopic (exact) mass is 321 g/mol. The Balaban J connectivity index is 2.19. The molecule has 0 aromatic heterocycles. The van der Waals surface area contributed by atoms with Gasteiger partial charge in [-0.15, -0.1) is 0 Å². The third-order valence-electron chi connectivity index (χ3n) is 2.87. The molecular formula is C14H21Cl2NOS. The lowest BCUT2D eigenvalue weighted by Crippen LogP contribution is -2.14. The van der Waals surface area contributed by atoms with Crippen LogP contribution in [-0.2, 0) is 6.54 Å². The fraction of sp³-hybridized carbons (Fsp3) is 0.571. The molecule has 0 amide bonds. The molecule has 0 aliphatic heterocycles. The maximum Gasteiger partial charge on any atom is 0.138 e. The van der Waals surface area contributed by atoms with E-state index in [0.29, 0.717) is 16.6 Å². The van der Waals surface area contributed by atoms with Crippen molar-refractivity contribution in [3.05, 3.63) is 27.7 Å². The first-order valence-corrected chi connectivity index (χ1v) is 8.66. The number of phenolic OH excluding ortho intramolecular Hbond substituents is 1. The van der Waals surface area contributed by atoms with E-state index in [9.17, 15) is 5.11 Å². The molecule has 0 bridgehead atoms. The Bertz CT molecular complexity index is 388. The molecule has 0 unspecified atom stereocenters. The number of nitrogens with one attached hydrogen (secondary N) is 1. The summed E-state index contributed by atoms with van der Waals surface area (Å²) < 4.78 is 0. The third-order valence-corrected chi connectivity index (χ3v) is 4.08. The Hall–Kier alpha value is -0.0900. The van der Waals surface area contributed by atoms with Gasteiger partial charge >= 0.3 is 0 Å². The van der Waals surface area contributed by atoms with E-state index in [4.69, 9.17) is 23.2 Å². The second-order valence-electron chi connectivity index (χ2n) is 4.48. The number of thioether (sulfide) groups is 1. The summed E-state index contributed by atoms with van der Waals surface area (Å²) in [5.41, 5.74) is 0.750. The highest BCUT2D eigenvalue weighted by Gasteiger charge is 2.07. The minimum absolute atomic E-state index is 0.124. The number of halogens is 2. The van der Waals surface area contributed by atoms with E-state index in [1.807, 2.05) is 11.8 Å². The normalized spacial score (nSPS) is 10.9. The Morgan fingerprint density at radius 1 is 1.16 bits per heavy atom. The molecule has 2 nitrogen and oxygen atoms in total. The molecule has 0 aliphatic rings. The lowest BCUT2D eigenvalue weighted by atomic mass is 10.2. The SMILES string of the molecule is CSCCCCCCNCc1cc(Cl)cc(Cl)c1O. The van der Waals surface area contributed by atoms with E-state index in [1.54, 1.807) is 12.1 Å². The quantitative estimate of drug-likeness (QED) is 0.646. The lowest BCUT2D eigenvalue weighted by Gasteiger charge is -2.08. The largest absolute Gasteiger partial charge is 0.506 e. The van der Waals surface area contributed by atoms with Gasteiger partial charge in [-0.1, -0.05) is 36.0 Å². The molecular weight excluding hydrogens is 301 g/mol. The molecule has 1 aromatic carbocycles. The average molecular weight is 322 g/mol. The topological polar surface area (TPSA) is 32.3 Å². The molecule has 0 aliphatic carbocycles. The summed E-state index contributed by atoms with van der Waals surface area (Å²) >= 11 is 13.7. The number of rotatable bonds is 9. The van der Waals surface area contributed by atoms with Crippen LogP contribution in [0.1, 0.15) is 31.2 Å². The maximum atomic E-state index is 9.79. The predicted octanol–water partition coefficient (Wildman–Crippen LogP) is 4.71. The number of hydrogen-bond donors (Lipinski definition) is 2. The lowest BCUT2D eigenvalue weighted by molar-refractivity contribution is 0.464. The highest BCUT2D eigenvalue weighted by molar-refractivity contribution is 7.98. The summed E-state index contributed by atoms with van der Waals surface area (Å²) in [7, 11) is 0. The molecule has 1 aromatic rings. The van der Waals surface area contributed by atoms with Gasteiger partial charge in [0.25, 0.3) is 0 Å². The molecule has 0 radical (unpaired) electrons. The fourth-order valence-corrected chi connectivity index (χ4v) is 2.86. The smallest absolute Gasteiger partial charge is 0.138 e. The van der Waals surface area contributed by atoms with Crippen LogP contribution in [0.3, 0.4) is 0 Å². The summed E-state index contributed by atoms with van der Waals surface area (Å²) in [5, 5.41) is 14.0. The van der Waals surface area contributed by atoms with Crippen LogP contribution in [0.5, 0.6) is 5.75 Å². The summed E-state index contributed by atoms with van der Waals surface area (Å²) in [5.74, 6) is 1.38. The van der Waals surface area contributed by atoms with Gasteiger partial charge in [0.15, 0.2) is 0 Å². The van der Waals surface area contributed by atoms with Crippen molar-refractivity contribution in [2.24, 2.45) is 0 Å². The van der Waals surface area contributed by atoms with E-state index in [-0.39, 0.29) is 5.75 Å². The van der Waals surface area contributed by atoms with Crippen LogP contribution in [0, 0.1) is 0 Å². The van der Waals surface area contributed by atoms with Crippen molar-refractivity contribution in [1.29, 1.82) is 0 Å². The Morgan fingerprint density at radius 3 is 2.63 bits per heavy atom. The van der Waals surface area contributed by atoms with E-state index in [0.717, 1.165) is 18.5 Å². The van der Waals surface area contributed by atoms with Crippen molar-refractivity contribution >= 4 is 35.0 Å². The number of phenols is 1. The molecule has 2 N–H and O–H groups in total. The van der Waals surface area contributed by atoms with E-state index in [1.165, 1.54) is 25.0 Å². The number of unbranched alkanes of at least 4 members (excludes halogenated alkanes) is 3. The van der Waals surface area contributed by atoms with Crippen LogP contribution in [0.15, 0.2) is 12.1 Å². The van der Waals surface area contributed by atoms with Gasteiger partial charge in [0.1, 0.15) is 5.75 Å².